The number of rotatable bonds is 53. The Hall–Kier alpha value is -1.97. The average molecular weight is 938 g/mol. The van der Waals surface area contributed by atoms with Crippen molar-refractivity contribution >= 4 is 17.9 Å². The Morgan fingerprint density at radius 1 is 0.439 bits per heavy atom. The molecular formula is C57H110NO8+. The van der Waals surface area contributed by atoms with Crippen LogP contribution < -0.4 is 0 Å². The largest absolute Gasteiger partial charge is 0.477 e. The number of esters is 2. The number of hydrogen-bond acceptors (Lipinski definition) is 7. The van der Waals surface area contributed by atoms with Gasteiger partial charge in [0, 0.05) is 12.8 Å². The number of nitrogens with zero attached hydrogens (tertiary/aromatic N) is 1. The Balaban J connectivity index is 4.01. The summed E-state index contributed by atoms with van der Waals surface area (Å²) in [5.41, 5.74) is 0. The molecule has 0 spiro atoms. The summed E-state index contributed by atoms with van der Waals surface area (Å²) in [5, 5.41) is 9.66. The van der Waals surface area contributed by atoms with E-state index < -0.39 is 24.3 Å². The van der Waals surface area contributed by atoms with E-state index in [0.29, 0.717) is 23.9 Å². The molecule has 0 aliphatic rings. The lowest BCUT2D eigenvalue weighted by molar-refractivity contribution is -0.870. The van der Waals surface area contributed by atoms with Crippen molar-refractivity contribution in [2.75, 3.05) is 47.5 Å². The van der Waals surface area contributed by atoms with Crippen LogP contribution in [0.1, 0.15) is 277 Å². The maximum absolute atomic E-state index is 12.8. The topological polar surface area (TPSA) is 108 Å². The van der Waals surface area contributed by atoms with Gasteiger partial charge in [0.1, 0.15) is 13.2 Å². The lowest BCUT2D eigenvalue weighted by Gasteiger charge is -2.25. The number of hydrogen-bond donors (Lipinski definition) is 1. The number of ether oxygens (including phenoxy) is 4. The van der Waals surface area contributed by atoms with Gasteiger partial charge in [-0.3, -0.25) is 9.59 Å². The van der Waals surface area contributed by atoms with Gasteiger partial charge in [0.15, 0.2) is 6.10 Å². The summed E-state index contributed by atoms with van der Waals surface area (Å²) in [7, 11) is 5.96. The van der Waals surface area contributed by atoms with Crippen LogP contribution in [0.2, 0.25) is 0 Å². The lowest BCUT2D eigenvalue weighted by atomic mass is 10.0. The molecule has 0 rings (SSSR count). The second-order valence-electron chi connectivity index (χ2n) is 20.6. The summed E-state index contributed by atoms with van der Waals surface area (Å²) in [6.07, 6.45) is 53.2. The third-order valence-electron chi connectivity index (χ3n) is 12.8. The van der Waals surface area contributed by atoms with Crippen molar-refractivity contribution in [1.82, 2.24) is 0 Å². The van der Waals surface area contributed by atoms with E-state index in [-0.39, 0.29) is 32.2 Å². The smallest absolute Gasteiger partial charge is 0.361 e. The maximum atomic E-state index is 12.8. The van der Waals surface area contributed by atoms with Crippen molar-refractivity contribution in [3.63, 3.8) is 0 Å². The average Bonchev–Trinajstić information content (AvgIpc) is 3.28. The number of unbranched alkanes of at least 4 members (excludes halogenated alkanes) is 36. The molecule has 1 N–H and O–H groups in total. The summed E-state index contributed by atoms with van der Waals surface area (Å²) in [6.45, 7) is 4.86. The first kappa shape index (κ1) is 64.0. The van der Waals surface area contributed by atoms with Crippen molar-refractivity contribution in [3.8, 4) is 0 Å². The zero-order valence-electron chi connectivity index (χ0n) is 44.4. The highest BCUT2D eigenvalue weighted by Gasteiger charge is 2.25. The molecular weight excluding hydrogens is 827 g/mol. The highest BCUT2D eigenvalue weighted by Crippen LogP contribution is 2.18. The van der Waals surface area contributed by atoms with Crippen LogP contribution >= 0.6 is 0 Å². The number of carboxylic acid groups (broad SMARTS) is 1. The van der Waals surface area contributed by atoms with Gasteiger partial charge in [-0.25, -0.2) is 4.79 Å². The van der Waals surface area contributed by atoms with Gasteiger partial charge in [-0.15, -0.1) is 0 Å². The van der Waals surface area contributed by atoms with Crippen LogP contribution in [0.4, 0.5) is 0 Å². The summed E-state index contributed by atoms with van der Waals surface area (Å²) in [6, 6.07) is 0. The van der Waals surface area contributed by atoms with E-state index in [4.69, 9.17) is 18.9 Å². The SMILES string of the molecule is CCCC/C=C\CCCCCCCC(=O)OC(COC(=O)CCCCCCCCCCCCCCCCCCCCCCCCCCCCCCCC)COC(OCC[N+](C)(C)C)C(=O)O. The number of aliphatic carboxylic acids is 1. The molecule has 390 valence electrons. The Kier molecular flexibility index (Phi) is 48.0. The van der Waals surface area contributed by atoms with Crippen molar-refractivity contribution in [2.45, 2.75) is 289 Å². The minimum atomic E-state index is -1.51. The Labute approximate surface area is 408 Å². The Bertz CT molecular complexity index is 1090. The fraction of sp³-hybridized carbons (Fsp3) is 0.912. The molecule has 0 saturated carbocycles. The van der Waals surface area contributed by atoms with Crippen LogP contribution in [0.5, 0.6) is 0 Å². The minimum absolute atomic E-state index is 0.179. The van der Waals surface area contributed by atoms with E-state index in [1.165, 1.54) is 186 Å². The first-order valence-corrected chi connectivity index (χ1v) is 28.4. The number of allylic oxidation sites excluding steroid dienone is 2. The molecule has 66 heavy (non-hydrogen) atoms. The summed E-state index contributed by atoms with van der Waals surface area (Å²) >= 11 is 0. The van der Waals surface area contributed by atoms with Crippen LogP contribution in [-0.2, 0) is 33.3 Å². The van der Waals surface area contributed by atoms with Crippen molar-refractivity contribution in [1.29, 1.82) is 0 Å². The summed E-state index contributed by atoms with van der Waals surface area (Å²) in [5.74, 6) is -2.00. The van der Waals surface area contributed by atoms with Crippen LogP contribution in [0, 0.1) is 0 Å². The van der Waals surface area contributed by atoms with E-state index in [0.717, 1.165) is 57.8 Å². The van der Waals surface area contributed by atoms with E-state index >= 15 is 0 Å². The molecule has 0 radical (unpaired) electrons. The van der Waals surface area contributed by atoms with Gasteiger partial charge in [0.05, 0.1) is 34.4 Å². The normalized spacial score (nSPS) is 12.8. The summed E-state index contributed by atoms with van der Waals surface area (Å²) in [4.78, 5) is 37.2. The van der Waals surface area contributed by atoms with Crippen LogP contribution in [-0.4, -0.2) is 87.4 Å². The molecule has 0 aromatic carbocycles. The van der Waals surface area contributed by atoms with Gasteiger partial charge in [0.25, 0.3) is 6.29 Å². The number of likely N-dealkylation sites (N-methyl/N-ethyl adjacent to an activating group) is 1. The highest BCUT2D eigenvalue weighted by molar-refractivity contribution is 5.71. The van der Waals surface area contributed by atoms with Gasteiger partial charge in [-0.05, 0) is 32.1 Å². The predicted molar refractivity (Wildman–Crippen MR) is 277 cm³/mol. The van der Waals surface area contributed by atoms with E-state index in [1.807, 2.05) is 21.1 Å². The van der Waals surface area contributed by atoms with Crippen molar-refractivity contribution in [3.05, 3.63) is 12.2 Å². The van der Waals surface area contributed by atoms with Gasteiger partial charge in [-0.2, -0.15) is 0 Å². The maximum Gasteiger partial charge on any atom is 0.361 e. The van der Waals surface area contributed by atoms with Gasteiger partial charge < -0.3 is 28.5 Å². The highest BCUT2D eigenvalue weighted by atomic mass is 16.7. The standard InChI is InChI=1S/C57H109NO8/c1-6-8-10-12-14-16-18-19-20-21-22-23-24-25-26-27-28-29-30-31-32-33-34-35-36-38-39-41-43-45-47-54(59)64-51-53(52-65-57(56(61)62)63-50-49-58(3,4)5)66-55(60)48-46-44-42-40-37-17-15-13-11-9-7-2/h13,15,53,57H,6-12,14,16-52H2,1-5H3/p+1/b15-13-. The first-order chi connectivity index (χ1) is 32.1. The molecule has 0 heterocycles. The zero-order chi connectivity index (χ0) is 48.4. The molecule has 0 aromatic heterocycles. The van der Waals surface area contributed by atoms with E-state index in [2.05, 4.69) is 26.0 Å². The molecule has 0 amide bonds. The molecule has 0 bridgehead atoms. The molecule has 2 unspecified atom stereocenters. The minimum Gasteiger partial charge on any atom is -0.477 e. The first-order valence-electron chi connectivity index (χ1n) is 28.4. The van der Waals surface area contributed by atoms with E-state index in [1.54, 1.807) is 0 Å². The number of carbonyl (C=O) groups excluding carboxylic acids is 2. The van der Waals surface area contributed by atoms with Gasteiger partial charge in [0.2, 0.25) is 0 Å². The molecule has 9 heteroatoms. The molecule has 0 aliphatic heterocycles. The number of quaternary nitrogens is 1. The van der Waals surface area contributed by atoms with Crippen molar-refractivity contribution in [2.24, 2.45) is 0 Å². The molecule has 0 saturated heterocycles. The fourth-order valence-corrected chi connectivity index (χ4v) is 8.35. The van der Waals surface area contributed by atoms with Crippen LogP contribution in [0.15, 0.2) is 12.2 Å². The van der Waals surface area contributed by atoms with Gasteiger partial charge in [-0.1, -0.05) is 244 Å². The molecule has 2 atom stereocenters. The zero-order valence-corrected chi connectivity index (χ0v) is 44.4. The second-order valence-corrected chi connectivity index (χ2v) is 20.6. The van der Waals surface area contributed by atoms with Crippen LogP contribution in [0.25, 0.3) is 0 Å². The predicted octanol–water partition coefficient (Wildman–Crippen LogP) is 16.2. The Morgan fingerprint density at radius 3 is 1.17 bits per heavy atom. The van der Waals surface area contributed by atoms with Gasteiger partial charge >= 0.3 is 17.9 Å². The molecule has 0 aromatic rings. The lowest BCUT2D eigenvalue weighted by Crippen LogP contribution is -2.40. The molecule has 0 aliphatic carbocycles. The number of carboxylic acids is 1. The third-order valence-corrected chi connectivity index (χ3v) is 12.8. The van der Waals surface area contributed by atoms with Crippen molar-refractivity contribution < 1.29 is 42.9 Å². The quantitative estimate of drug-likeness (QED) is 0.0211. The summed E-state index contributed by atoms with van der Waals surface area (Å²) < 4.78 is 22.8. The second kappa shape index (κ2) is 49.5. The molecule has 0 fully saturated rings. The number of carbonyl (C=O) groups is 3. The monoisotopic (exact) mass is 937 g/mol. The third kappa shape index (κ3) is 49.9. The molecule has 9 nitrogen and oxygen atoms in total. The van der Waals surface area contributed by atoms with E-state index in [9.17, 15) is 19.5 Å². The Morgan fingerprint density at radius 2 is 0.788 bits per heavy atom. The fourth-order valence-electron chi connectivity index (χ4n) is 8.35. The van der Waals surface area contributed by atoms with Crippen LogP contribution in [0.3, 0.4) is 0 Å².